The van der Waals surface area contributed by atoms with Gasteiger partial charge in [-0.3, -0.25) is 4.79 Å². The monoisotopic (exact) mass is 310 g/mol. The predicted octanol–water partition coefficient (Wildman–Crippen LogP) is 3.23. The van der Waals surface area contributed by atoms with Gasteiger partial charge in [0, 0.05) is 4.47 Å². The zero-order chi connectivity index (χ0) is 13.7. The fraction of sp³-hybridized carbons (Fsp3) is 0.286. The van der Waals surface area contributed by atoms with Gasteiger partial charge in [-0.25, -0.2) is 4.79 Å². The summed E-state index contributed by atoms with van der Waals surface area (Å²) in [5, 5.41) is 0. The van der Waals surface area contributed by atoms with Crippen molar-refractivity contribution in [3.63, 3.8) is 0 Å². The van der Waals surface area contributed by atoms with Crippen LogP contribution in [0.4, 0.5) is 0 Å². The van der Waals surface area contributed by atoms with Crippen LogP contribution in [0.5, 0.6) is 0 Å². The zero-order valence-corrected chi connectivity index (χ0v) is 12.0. The minimum atomic E-state index is -0.803. The van der Waals surface area contributed by atoms with Crippen LogP contribution < -0.4 is 0 Å². The highest BCUT2D eigenvalue weighted by Crippen LogP contribution is 2.24. The maximum atomic E-state index is 11.8. The molecular formula is C14H15BrO3. The average molecular weight is 311 g/mol. The number of ketones is 1. The smallest absolute Gasteiger partial charge is 0.375 e. The fourth-order valence-electron chi connectivity index (χ4n) is 1.45. The maximum Gasteiger partial charge on any atom is 0.375 e. The van der Waals surface area contributed by atoms with Crippen LogP contribution in [-0.4, -0.2) is 18.4 Å². The number of rotatable bonds is 5. The summed E-state index contributed by atoms with van der Waals surface area (Å²) in [5.74, 6) is -1.95. The molecule has 0 aliphatic heterocycles. The van der Waals surface area contributed by atoms with Crippen molar-refractivity contribution in [1.29, 1.82) is 0 Å². The Labute approximate surface area is 115 Å². The number of carbonyl (C=O) groups is 2. The van der Waals surface area contributed by atoms with Crippen molar-refractivity contribution in [2.24, 2.45) is 5.92 Å². The number of esters is 1. The van der Waals surface area contributed by atoms with Crippen LogP contribution in [0.15, 0.2) is 35.3 Å². The van der Waals surface area contributed by atoms with Crippen molar-refractivity contribution in [2.45, 2.75) is 13.8 Å². The van der Waals surface area contributed by atoms with Crippen LogP contribution in [0.3, 0.4) is 0 Å². The van der Waals surface area contributed by atoms with Gasteiger partial charge >= 0.3 is 5.97 Å². The summed E-state index contributed by atoms with van der Waals surface area (Å²) in [6.45, 7) is 7.39. The predicted molar refractivity (Wildman–Crippen MR) is 74.0 cm³/mol. The van der Waals surface area contributed by atoms with Crippen molar-refractivity contribution in [3.8, 4) is 0 Å². The molecule has 0 fully saturated rings. The molecule has 0 spiro atoms. The Morgan fingerprint density at radius 3 is 2.39 bits per heavy atom. The van der Waals surface area contributed by atoms with Gasteiger partial charge in [-0.05, 0) is 30.2 Å². The lowest BCUT2D eigenvalue weighted by Crippen LogP contribution is -2.24. The fourth-order valence-corrected chi connectivity index (χ4v) is 1.72. The first-order chi connectivity index (χ1) is 8.47. The first-order valence-electron chi connectivity index (χ1n) is 5.63. The minimum absolute atomic E-state index is 0.196. The number of allylic oxidation sites excluding steroid dienone is 1. The number of hydrogen-bond donors (Lipinski definition) is 0. The molecule has 1 atom stereocenters. The second-order valence-electron chi connectivity index (χ2n) is 3.84. The van der Waals surface area contributed by atoms with E-state index in [-0.39, 0.29) is 6.61 Å². The first-order valence-corrected chi connectivity index (χ1v) is 6.42. The number of Topliss-reactive ketones (excluding diaryl/α,β-unsaturated/α-hetero) is 1. The number of halogens is 1. The van der Waals surface area contributed by atoms with E-state index in [9.17, 15) is 9.59 Å². The Morgan fingerprint density at radius 1 is 1.33 bits per heavy atom. The average Bonchev–Trinajstić information content (AvgIpc) is 2.37. The molecule has 4 heteroatoms. The lowest BCUT2D eigenvalue weighted by atomic mass is 9.92. The molecule has 3 nitrogen and oxygen atoms in total. The first kappa shape index (κ1) is 14.6. The Hall–Kier alpha value is -1.42. The summed E-state index contributed by atoms with van der Waals surface area (Å²) in [6, 6.07) is 7.42. The third-order valence-electron chi connectivity index (χ3n) is 2.61. The molecule has 0 saturated carbocycles. The Balaban J connectivity index is 2.81. The van der Waals surface area contributed by atoms with Crippen molar-refractivity contribution in [3.05, 3.63) is 40.9 Å². The molecule has 0 aliphatic carbocycles. The second kappa shape index (κ2) is 6.50. The molecule has 0 aliphatic rings. The minimum Gasteiger partial charge on any atom is -0.460 e. The van der Waals surface area contributed by atoms with E-state index in [0.29, 0.717) is 5.57 Å². The van der Waals surface area contributed by atoms with Gasteiger partial charge in [0.2, 0.25) is 5.78 Å². The number of ether oxygens (including phenoxy) is 1. The van der Waals surface area contributed by atoms with Crippen molar-refractivity contribution < 1.29 is 14.3 Å². The van der Waals surface area contributed by atoms with E-state index in [1.54, 1.807) is 13.8 Å². The molecule has 96 valence electrons. The summed E-state index contributed by atoms with van der Waals surface area (Å²) in [6.07, 6.45) is 0. The summed E-state index contributed by atoms with van der Waals surface area (Å²) >= 11 is 3.33. The molecule has 0 saturated heterocycles. The third kappa shape index (κ3) is 3.53. The standard InChI is InChI=1S/C14H15BrO3/c1-4-18-14(17)13(16)10(3)9(2)11-5-7-12(15)8-6-11/h5-8,10H,2,4H2,1,3H3. The highest BCUT2D eigenvalue weighted by Gasteiger charge is 2.25. The number of hydrogen-bond acceptors (Lipinski definition) is 3. The molecule has 1 unspecified atom stereocenters. The van der Waals surface area contributed by atoms with Crippen molar-refractivity contribution in [1.82, 2.24) is 0 Å². The second-order valence-corrected chi connectivity index (χ2v) is 4.75. The van der Waals surface area contributed by atoms with E-state index in [2.05, 4.69) is 22.5 Å². The van der Waals surface area contributed by atoms with Crippen molar-refractivity contribution in [2.75, 3.05) is 6.61 Å². The van der Waals surface area contributed by atoms with Crippen LogP contribution in [-0.2, 0) is 14.3 Å². The normalized spacial score (nSPS) is 11.7. The Bertz CT molecular complexity index is 462. The van der Waals surface area contributed by atoms with Crippen LogP contribution >= 0.6 is 15.9 Å². The molecule has 0 aromatic heterocycles. The molecule has 0 heterocycles. The van der Waals surface area contributed by atoms with Gasteiger partial charge in [0.25, 0.3) is 0 Å². The molecule has 0 bridgehead atoms. The van der Waals surface area contributed by atoms with E-state index in [1.165, 1.54) is 0 Å². The topological polar surface area (TPSA) is 43.4 Å². The highest BCUT2D eigenvalue weighted by atomic mass is 79.9. The van der Waals surface area contributed by atoms with E-state index in [4.69, 9.17) is 4.74 Å². The highest BCUT2D eigenvalue weighted by molar-refractivity contribution is 9.10. The number of carbonyl (C=O) groups excluding carboxylic acids is 2. The Morgan fingerprint density at radius 2 is 1.89 bits per heavy atom. The number of benzene rings is 1. The zero-order valence-electron chi connectivity index (χ0n) is 10.4. The third-order valence-corrected chi connectivity index (χ3v) is 3.14. The SMILES string of the molecule is C=C(c1ccc(Br)cc1)C(C)C(=O)C(=O)OCC. The summed E-state index contributed by atoms with van der Waals surface area (Å²) in [7, 11) is 0. The summed E-state index contributed by atoms with van der Waals surface area (Å²) in [5.41, 5.74) is 1.45. The quantitative estimate of drug-likeness (QED) is 0.619. The lowest BCUT2D eigenvalue weighted by molar-refractivity contribution is -0.154. The van der Waals surface area contributed by atoms with Gasteiger partial charge in [0.15, 0.2) is 0 Å². The molecule has 18 heavy (non-hydrogen) atoms. The molecule has 1 aromatic carbocycles. The van der Waals surface area contributed by atoms with Gasteiger partial charge < -0.3 is 4.74 Å². The van der Waals surface area contributed by atoms with Crippen LogP contribution in [0, 0.1) is 5.92 Å². The summed E-state index contributed by atoms with van der Waals surface area (Å²) < 4.78 is 5.64. The molecule has 1 rings (SSSR count). The molecule has 0 amide bonds. The van der Waals surface area contributed by atoms with Crippen LogP contribution in [0.1, 0.15) is 19.4 Å². The molecule has 1 aromatic rings. The lowest BCUT2D eigenvalue weighted by Gasteiger charge is -2.13. The largest absolute Gasteiger partial charge is 0.460 e. The van der Waals surface area contributed by atoms with Gasteiger partial charge in [-0.2, -0.15) is 0 Å². The Kier molecular flexibility index (Phi) is 5.28. The van der Waals surface area contributed by atoms with Crippen LogP contribution in [0.2, 0.25) is 0 Å². The molecule has 0 N–H and O–H groups in total. The van der Waals surface area contributed by atoms with Gasteiger partial charge in [-0.1, -0.05) is 41.6 Å². The molecule has 0 radical (unpaired) electrons. The van der Waals surface area contributed by atoms with E-state index < -0.39 is 17.7 Å². The van der Waals surface area contributed by atoms with E-state index >= 15 is 0 Å². The van der Waals surface area contributed by atoms with Gasteiger partial charge in [0.05, 0.1) is 12.5 Å². The molecular weight excluding hydrogens is 296 g/mol. The summed E-state index contributed by atoms with van der Waals surface area (Å²) in [4.78, 5) is 23.1. The van der Waals surface area contributed by atoms with Crippen molar-refractivity contribution >= 4 is 33.3 Å². The van der Waals surface area contributed by atoms with Gasteiger partial charge in [-0.15, -0.1) is 0 Å². The van der Waals surface area contributed by atoms with E-state index in [0.717, 1.165) is 10.0 Å². The maximum absolute atomic E-state index is 11.8. The van der Waals surface area contributed by atoms with E-state index in [1.807, 2.05) is 24.3 Å². The van der Waals surface area contributed by atoms with Gasteiger partial charge in [0.1, 0.15) is 0 Å². The van der Waals surface area contributed by atoms with Crippen LogP contribution in [0.25, 0.3) is 5.57 Å².